The molecule has 1 aliphatic heterocycles. The summed E-state index contributed by atoms with van der Waals surface area (Å²) in [5.74, 6) is -2.43. The van der Waals surface area contributed by atoms with Gasteiger partial charge in [-0.3, -0.25) is 9.69 Å². The van der Waals surface area contributed by atoms with Gasteiger partial charge < -0.3 is 9.47 Å². The van der Waals surface area contributed by atoms with E-state index in [1.54, 1.807) is 6.07 Å². The highest BCUT2D eigenvalue weighted by atomic mass is 19.1. The summed E-state index contributed by atoms with van der Waals surface area (Å²) in [6, 6.07) is 14.9. The van der Waals surface area contributed by atoms with Gasteiger partial charge in [0.2, 0.25) is 0 Å². The molecule has 1 unspecified atom stereocenters. The van der Waals surface area contributed by atoms with E-state index >= 15 is 4.39 Å². The van der Waals surface area contributed by atoms with Crippen molar-refractivity contribution in [3.8, 4) is 0 Å². The van der Waals surface area contributed by atoms with Crippen molar-refractivity contribution in [1.82, 2.24) is 4.90 Å². The van der Waals surface area contributed by atoms with Crippen LogP contribution in [0, 0.1) is 17.5 Å². The third-order valence-corrected chi connectivity index (χ3v) is 5.45. The van der Waals surface area contributed by atoms with Gasteiger partial charge in [-0.2, -0.15) is 0 Å². The fourth-order valence-corrected chi connectivity index (χ4v) is 4.02. The molecule has 0 aromatic heterocycles. The minimum Gasteiger partial charge on any atom is -0.468 e. The molecule has 0 N–H and O–H groups in total. The Morgan fingerprint density at radius 2 is 1.47 bits per heavy atom. The van der Waals surface area contributed by atoms with Crippen molar-refractivity contribution in [2.45, 2.75) is 11.6 Å². The molecule has 0 bridgehead atoms. The standard InChI is InChI=1S/C24H18F3NO4/c1-31-21(29)14-28-22(19-4-2-3-5-20(19)27)24(32-23(28)30,15-6-10-17(25)11-7-15)16-8-12-18(26)13-9-16/h2-13,22H,14H2,1H3. The summed E-state index contributed by atoms with van der Waals surface area (Å²) >= 11 is 0. The summed E-state index contributed by atoms with van der Waals surface area (Å²) in [5.41, 5.74) is -0.996. The lowest BCUT2D eigenvalue weighted by Gasteiger charge is -2.36. The van der Waals surface area contributed by atoms with Crippen LogP contribution in [-0.4, -0.2) is 30.6 Å². The molecule has 1 heterocycles. The van der Waals surface area contributed by atoms with Gasteiger partial charge in [-0.05, 0) is 30.3 Å². The van der Waals surface area contributed by atoms with Gasteiger partial charge in [0.05, 0.1) is 7.11 Å². The lowest BCUT2D eigenvalue weighted by molar-refractivity contribution is -0.141. The van der Waals surface area contributed by atoms with Gasteiger partial charge in [0.15, 0.2) is 5.60 Å². The van der Waals surface area contributed by atoms with Crippen LogP contribution in [0.1, 0.15) is 22.7 Å². The Labute approximate surface area is 182 Å². The van der Waals surface area contributed by atoms with Crippen molar-refractivity contribution in [1.29, 1.82) is 0 Å². The molecule has 0 aliphatic carbocycles. The zero-order chi connectivity index (χ0) is 22.9. The zero-order valence-electron chi connectivity index (χ0n) is 16.9. The first-order valence-electron chi connectivity index (χ1n) is 9.69. The van der Waals surface area contributed by atoms with Crippen LogP contribution in [0.15, 0.2) is 72.8 Å². The first-order chi connectivity index (χ1) is 15.4. The summed E-state index contributed by atoms with van der Waals surface area (Å²) < 4.78 is 53.0. The van der Waals surface area contributed by atoms with Crippen LogP contribution in [0.4, 0.5) is 18.0 Å². The van der Waals surface area contributed by atoms with E-state index < -0.39 is 47.7 Å². The predicted molar refractivity (Wildman–Crippen MR) is 108 cm³/mol. The molecule has 1 fully saturated rings. The van der Waals surface area contributed by atoms with Crippen molar-refractivity contribution in [3.63, 3.8) is 0 Å². The molecule has 5 nitrogen and oxygen atoms in total. The second-order valence-corrected chi connectivity index (χ2v) is 7.25. The van der Waals surface area contributed by atoms with Crippen molar-refractivity contribution >= 4 is 12.1 Å². The SMILES string of the molecule is COC(=O)CN1C(=O)OC(c2ccc(F)cc2)(c2ccc(F)cc2)C1c1ccccc1F. The van der Waals surface area contributed by atoms with E-state index in [9.17, 15) is 18.4 Å². The largest absolute Gasteiger partial charge is 0.468 e. The summed E-state index contributed by atoms with van der Waals surface area (Å²) in [6.07, 6.45) is -0.905. The van der Waals surface area contributed by atoms with Crippen LogP contribution < -0.4 is 0 Å². The third kappa shape index (κ3) is 3.57. The molecule has 0 saturated carbocycles. The number of amides is 1. The van der Waals surface area contributed by atoms with Crippen LogP contribution in [0.5, 0.6) is 0 Å². The molecule has 1 aliphatic rings. The molecule has 164 valence electrons. The molecule has 0 spiro atoms. The molecule has 4 rings (SSSR count). The highest BCUT2D eigenvalue weighted by Crippen LogP contribution is 2.52. The van der Waals surface area contributed by atoms with Gasteiger partial charge in [0, 0.05) is 16.7 Å². The second kappa shape index (κ2) is 8.37. The van der Waals surface area contributed by atoms with Crippen LogP contribution in [0.3, 0.4) is 0 Å². The fourth-order valence-electron chi connectivity index (χ4n) is 4.02. The van der Waals surface area contributed by atoms with E-state index in [1.165, 1.54) is 66.7 Å². The quantitative estimate of drug-likeness (QED) is 0.538. The Hall–Kier alpha value is -3.81. The van der Waals surface area contributed by atoms with E-state index in [4.69, 9.17) is 9.47 Å². The van der Waals surface area contributed by atoms with Crippen molar-refractivity contribution in [3.05, 3.63) is 107 Å². The maximum atomic E-state index is 15.0. The van der Waals surface area contributed by atoms with E-state index in [1.807, 2.05) is 0 Å². The lowest BCUT2D eigenvalue weighted by Crippen LogP contribution is -2.40. The van der Waals surface area contributed by atoms with E-state index in [0.29, 0.717) is 11.1 Å². The Kier molecular flexibility index (Phi) is 5.61. The number of rotatable bonds is 5. The molecule has 3 aromatic rings. The summed E-state index contributed by atoms with van der Waals surface area (Å²) in [7, 11) is 1.16. The van der Waals surface area contributed by atoms with Crippen molar-refractivity contribution in [2.24, 2.45) is 0 Å². The summed E-state index contributed by atoms with van der Waals surface area (Å²) in [6.45, 7) is -0.515. The van der Waals surface area contributed by atoms with E-state index in [-0.39, 0.29) is 5.56 Å². The topological polar surface area (TPSA) is 55.8 Å². The van der Waals surface area contributed by atoms with Gasteiger partial charge in [-0.25, -0.2) is 18.0 Å². The molecular formula is C24H18F3NO4. The number of ether oxygens (including phenoxy) is 2. The number of benzene rings is 3. The fraction of sp³-hybridized carbons (Fsp3) is 0.167. The lowest BCUT2D eigenvalue weighted by atomic mass is 9.77. The molecule has 0 radical (unpaired) electrons. The van der Waals surface area contributed by atoms with Gasteiger partial charge in [-0.15, -0.1) is 0 Å². The third-order valence-electron chi connectivity index (χ3n) is 5.45. The number of halogens is 3. The maximum Gasteiger partial charge on any atom is 0.412 e. The maximum absolute atomic E-state index is 15.0. The minimum absolute atomic E-state index is 0.0657. The number of esters is 1. The average Bonchev–Trinajstić information content (AvgIpc) is 3.07. The molecule has 1 saturated heterocycles. The monoisotopic (exact) mass is 441 g/mol. The van der Waals surface area contributed by atoms with Gasteiger partial charge in [-0.1, -0.05) is 42.5 Å². The molecule has 1 amide bonds. The first-order valence-corrected chi connectivity index (χ1v) is 9.69. The second-order valence-electron chi connectivity index (χ2n) is 7.25. The molecule has 8 heteroatoms. The molecule has 32 heavy (non-hydrogen) atoms. The van der Waals surface area contributed by atoms with Crippen LogP contribution in [0.25, 0.3) is 0 Å². The number of cyclic esters (lactones) is 1. The van der Waals surface area contributed by atoms with Crippen molar-refractivity contribution in [2.75, 3.05) is 13.7 Å². The molecule has 1 atom stereocenters. The number of hydrogen-bond donors (Lipinski definition) is 0. The van der Waals surface area contributed by atoms with Gasteiger partial charge in [0.1, 0.15) is 30.0 Å². The number of nitrogens with zero attached hydrogens (tertiary/aromatic N) is 1. The smallest absolute Gasteiger partial charge is 0.412 e. The normalized spacial score (nSPS) is 17.2. The summed E-state index contributed by atoms with van der Waals surface area (Å²) in [5, 5.41) is 0. The Morgan fingerprint density at radius 3 is 1.97 bits per heavy atom. The highest BCUT2D eigenvalue weighted by molar-refractivity contribution is 5.81. The van der Waals surface area contributed by atoms with Crippen LogP contribution in [0.2, 0.25) is 0 Å². The first kappa shape index (κ1) is 21.4. The molecular weight excluding hydrogens is 423 g/mol. The summed E-state index contributed by atoms with van der Waals surface area (Å²) in [4.78, 5) is 26.2. The number of hydrogen-bond acceptors (Lipinski definition) is 4. The Bertz CT molecular complexity index is 1100. The van der Waals surface area contributed by atoms with Crippen LogP contribution >= 0.6 is 0 Å². The number of carbonyl (C=O) groups is 2. The highest BCUT2D eigenvalue weighted by Gasteiger charge is 2.58. The molecule has 3 aromatic carbocycles. The predicted octanol–water partition coefficient (Wildman–Crippen LogP) is 4.71. The van der Waals surface area contributed by atoms with Crippen LogP contribution in [-0.2, 0) is 19.9 Å². The van der Waals surface area contributed by atoms with E-state index in [0.717, 1.165) is 12.0 Å². The minimum atomic E-state index is -1.70. The average molecular weight is 441 g/mol. The van der Waals surface area contributed by atoms with Gasteiger partial charge in [0.25, 0.3) is 0 Å². The van der Waals surface area contributed by atoms with Gasteiger partial charge >= 0.3 is 12.1 Å². The van der Waals surface area contributed by atoms with E-state index in [2.05, 4.69) is 0 Å². The zero-order valence-corrected chi connectivity index (χ0v) is 16.9. The Balaban J connectivity index is 2.02. The number of methoxy groups -OCH3 is 1. The number of carbonyl (C=O) groups excluding carboxylic acids is 2. The van der Waals surface area contributed by atoms with Crippen molar-refractivity contribution < 1.29 is 32.2 Å². The Morgan fingerprint density at radius 1 is 0.938 bits per heavy atom.